The Morgan fingerprint density at radius 2 is 0.974 bits per heavy atom. The fraction of sp³-hybridized carbons (Fsp3) is 0.647. The molecule has 0 amide bonds. The van der Waals surface area contributed by atoms with Crippen molar-refractivity contribution in [3.8, 4) is 0 Å². The van der Waals surface area contributed by atoms with Gasteiger partial charge in [0.15, 0.2) is 23.3 Å². The molecule has 39 heavy (non-hydrogen) atoms. The summed E-state index contributed by atoms with van der Waals surface area (Å²) in [5, 5.41) is 0. The summed E-state index contributed by atoms with van der Waals surface area (Å²) in [5.74, 6) is -1.76. The third-order valence-electron chi connectivity index (χ3n) is 9.41. The van der Waals surface area contributed by atoms with E-state index in [-0.39, 0.29) is 11.8 Å². The Hall–Kier alpha value is -1.88. The quantitative estimate of drug-likeness (QED) is 0.241. The molecule has 2 atom stereocenters. The average Bonchev–Trinajstić information content (AvgIpc) is 2.95. The number of ether oxygens (including phenoxy) is 1. The van der Waals surface area contributed by atoms with Gasteiger partial charge in [0, 0.05) is 0 Å². The van der Waals surface area contributed by atoms with Crippen LogP contribution in [0.4, 0.5) is 17.6 Å². The van der Waals surface area contributed by atoms with Crippen molar-refractivity contribution in [2.45, 2.75) is 116 Å². The van der Waals surface area contributed by atoms with Gasteiger partial charge in [-0.05, 0) is 84.7 Å². The van der Waals surface area contributed by atoms with E-state index in [4.69, 9.17) is 4.74 Å². The average molecular weight is 547 g/mol. The fourth-order valence-corrected chi connectivity index (χ4v) is 7.01. The van der Waals surface area contributed by atoms with Crippen molar-refractivity contribution < 1.29 is 22.3 Å². The van der Waals surface area contributed by atoms with Crippen molar-refractivity contribution in [1.29, 1.82) is 0 Å². The van der Waals surface area contributed by atoms with Gasteiger partial charge in [-0.15, -0.1) is 0 Å². The molecule has 1 nitrogen and oxygen atoms in total. The van der Waals surface area contributed by atoms with E-state index in [0.717, 1.165) is 51.4 Å². The van der Waals surface area contributed by atoms with Gasteiger partial charge >= 0.3 is 0 Å². The van der Waals surface area contributed by atoms with Crippen LogP contribution in [0.3, 0.4) is 0 Å². The molecule has 0 aliphatic heterocycles. The first kappa shape index (κ1) is 30.1. The predicted molar refractivity (Wildman–Crippen MR) is 149 cm³/mol. The van der Waals surface area contributed by atoms with Crippen molar-refractivity contribution in [2.24, 2.45) is 23.7 Å². The minimum atomic E-state index is -0.876. The molecule has 0 aromatic heterocycles. The largest absolute Gasteiger partial charge is 0.365 e. The lowest BCUT2D eigenvalue weighted by molar-refractivity contribution is -0.0910. The summed E-state index contributed by atoms with van der Waals surface area (Å²) in [6.45, 7) is 4.43. The number of benzene rings is 2. The van der Waals surface area contributed by atoms with Crippen LogP contribution in [0.5, 0.6) is 0 Å². The lowest BCUT2D eigenvalue weighted by Crippen LogP contribution is -2.28. The van der Waals surface area contributed by atoms with Crippen molar-refractivity contribution in [3.05, 3.63) is 70.8 Å². The van der Waals surface area contributed by atoms with E-state index in [1.165, 1.54) is 62.8 Å². The summed E-state index contributed by atoms with van der Waals surface area (Å²) in [5.41, 5.74) is 1.27. The lowest BCUT2D eigenvalue weighted by atomic mass is 9.75. The van der Waals surface area contributed by atoms with Gasteiger partial charge in [-0.1, -0.05) is 90.2 Å². The van der Waals surface area contributed by atoms with Crippen LogP contribution in [0.25, 0.3) is 0 Å². The molecule has 2 aliphatic rings. The molecule has 2 saturated carbocycles. The van der Waals surface area contributed by atoms with Crippen LogP contribution in [0, 0.1) is 46.9 Å². The molecule has 216 valence electrons. The number of hydrogen-bond donors (Lipinski definition) is 0. The molecule has 0 N–H and O–H groups in total. The Kier molecular flexibility index (Phi) is 11.3. The van der Waals surface area contributed by atoms with Gasteiger partial charge in [-0.3, -0.25) is 0 Å². The van der Waals surface area contributed by atoms with Crippen molar-refractivity contribution >= 4 is 0 Å². The predicted octanol–water partition coefficient (Wildman–Crippen LogP) is 11.0. The summed E-state index contributed by atoms with van der Waals surface area (Å²) in [7, 11) is 0. The van der Waals surface area contributed by atoms with Crippen LogP contribution in [-0.2, 0) is 4.74 Å². The standard InChI is InChI=1S/C34H46F4O/c1-3-5-7-23-9-13-25(14-10-23)33(27-17-19-29(35)31(37)21-27)39-34(28-18-20-30(36)32(38)22-28)26-15-11-24(12-16-26)8-6-4-2/h17-26,33-34H,3-16H2,1-2H3. The zero-order chi connectivity index (χ0) is 27.8. The summed E-state index contributed by atoms with van der Waals surface area (Å²) in [6, 6.07) is 8.17. The van der Waals surface area contributed by atoms with Gasteiger partial charge < -0.3 is 4.74 Å². The second kappa shape index (κ2) is 14.7. The van der Waals surface area contributed by atoms with Gasteiger partial charge in [0.2, 0.25) is 0 Å². The first-order chi connectivity index (χ1) is 18.9. The third kappa shape index (κ3) is 8.08. The summed E-state index contributed by atoms with van der Waals surface area (Å²) >= 11 is 0. The van der Waals surface area contributed by atoms with Crippen molar-refractivity contribution in [1.82, 2.24) is 0 Å². The summed E-state index contributed by atoms with van der Waals surface area (Å²) in [4.78, 5) is 0. The van der Waals surface area contributed by atoms with Gasteiger partial charge in [-0.25, -0.2) is 17.6 Å². The van der Waals surface area contributed by atoms with E-state index in [9.17, 15) is 17.6 Å². The van der Waals surface area contributed by atoms with Gasteiger partial charge in [-0.2, -0.15) is 0 Å². The normalized spacial score (nSPS) is 25.4. The molecule has 4 rings (SSSR count). The molecule has 2 fully saturated rings. The molecule has 5 heteroatoms. The first-order valence-electron chi connectivity index (χ1n) is 15.4. The van der Waals surface area contributed by atoms with E-state index < -0.39 is 35.5 Å². The van der Waals surface area contributed by atoms with Crippen molar-refractivity contribution in [3.63, 3.8) is 0 Å². The van der Waals surface area contributed by atoms with Crippen LogP contribution >= 0.6 is 0 Å². The molecule has 0 saturated heterocycles. The maximum Gasteiger partial charge on any atom is 0.159 e. The highest BCUT2D eigenvalue weighted by atomic mass is 19.2. The van der Waals surface area contributed by atoms with Crippen LogP contribution in [0.2, 0.25) is 0 Å². The highest BCUT2D eigenvalue weighted by molar-refractivity contribution is 5.24. The number of rotatable bonds is 12. The van der Waals surface area contributed by atoms with Crippen LogP contribution in [0.15, 0.2) is 36.4 Å². The highest BCUT2D eigenvalue weighted by Gasteiger charge is 2.36. The smallest absolute Gasteiger partial charge is 0.159 e. The van der Waals surface area contributed by atoms with Gasteiger partial charge in [0.25, 0.3) is 0 Å². The van der Waals surface area contributed by atoms with Gasteiger partial charge in [0.1, 0.15) is 0 Å². The Morgan fingerprint density at radius 3 is 1.31 bits per heavy atom. The molecule has 0 radical (unpaired) electrons. The van der Waals surface area contributed by atoms with Crippen molar-refractivity contribution in [2.75, 3.05) is 0 Å². The van der Waals surface area contributed by atoms with Crippen LogP contribution in [0.1, 0.15) is 127 Å². The Balaban J connectivity index is 1.60. The number of hydrogen-bond acceptors (Lipinski definition) is 1. The Bertz CT molecular complexity index is 942. The first-order valence-corrected chi connectivity index (χ1v) is 15.4. The van der Waals surface area contributed by atoms with E-state index in [1.54, 1.807) is 12.1 Å². The molecular formula is C34H46F4O. The minimum Gasteiger partial charge on any atom is -0.365 e. The Labute approximate surface area is 232 Å². The Morgan fingerprint density at radius 1 is 0.590 bits per heavy atom. The molecule has 0 bridgehead atoms. The molecule has 2 aromatic rings. The monoisotopic (exact) mass is 546 g/mol. The highest BCUT2D eigenvalue weighted by Crippen LogP contribution is 2.47. The second-order valence-corrected chi connectivity index (χ2v) is 12.2. The topological polar surface area (TPSA) is 9.23 Å². The minimum absolute atomic E-state index is 0.168. The molecular weight excluding hydrogens is 500 g/mol. The number of unbranched alkanes of at least 4 members (excludes halogenated alkanes) is 2. The fourth-order valence-electron chi connectivity index (χ4n) is 7.01. The lowest BCUT2D eigenvalue weighted by Gasteiger charge is -2.40. The van der Waals surface area contributed by atoms with E-state index in [2.05, 4.69) is 13.8 Å². The van der Waals surface area contributed by atoms with E-state index in [0.29, 0.717) is 23.0 Å². The zero-order valence-corrected chi connectivity index (χ0v) is 23.7. The SMILES string of the molecule is CCCCC1CCC(C(OC(c2ccc(F)c(F)c2)C2CCC(CCCC)CC2)c2ccc(F)c(F)c2)CC1. The molecule has 2 aliphatic carbocycles. The summed E-state index contributed by atoms with van der Waals surface area (Å²) in [6.07, 6.45) is 14.7. The van der Waals surface area contributed by atoms with Crippen LogP contribution in [-0.4, -0.2) is 0 Å². The number of halogens is 4. The second-order valence-electron chi connectivity index (χ2n) is 12.2. The van der Waals surface area contributed by atoms with Gasteiger partial charge in [0.05, 0.1) is 12.2 Å². The maximum atomic E-state index is 14.4. The summed E-state index contributed by atoms with van der Waals surface area (Å²) < 4.78 is 63.6. The van der Waals surface area contributed by atoms with E-state index >= 15 is 0 Å². The third-order valence-corrected chi connectivity index (χ3v) is 9.41. The molecule has 2 unspecified atom stereocenters. The molecule has 0 heterocycles. The molecule has 0 spiro atoms. The maximum absolute atomic E-state index is 14.4. The zero-order valence-electron chi connectivity index (χ0n) is 23.7. The van der Waals surface area contributed by atoms with Crippen LogP contribution < -0.4 is 0 Å². The van der Waals surface area contributed by atoms with E-state index in [1.807, 2.05) is 0 Å². The molecule has 2 aromatic carbocycles.